The summed E-state index contributed by atoms with van der Waals surface area (Å²) in [7, 11) is 3.18. The molecular formula is C22H17BrN2O3. The summed E-state index contributed by atoms with van der Waals surface area (Å²) in [6.07, 6.45) is 0. The van der Waals surface area contributed by atoms with Crippen LogP contribution in [0.1, 0.15) is 17.0 Å². The lowest BCUT2D eigenvalue weighted by Crippen LogP contribution is -2.21. The summed E-state index contributed by atoms with van der Waals surface area (Å²) in [6.45, 7) is 0. The normalized spacial score (nSPS) is 15.6. The first-order chi connectivity index (χ1) is 13.6. The SMILES string of the molecule is COc1cc(OC)c(C2C(C#N)=C(N)Oc3c2ccc2ccccc32)cc1Br. The number of hydrogen-bond acceptors (Lipinski definition) is 5. The van der Waals surface area contributed by atoms with Gasteiger partial charge in [0.05, 0.1) is 24.6 Å². The van der Waals surface area contributed by atoms with E-state index in [9.17, 15) is 5.26 Å². The molecule has 6 heteroatoms. The molecule has 5 nitrogen and oxygen atoms in total. The topological polar surface area (TPSA) is 77.5 Å². The molecular weight excluding hydrogens is 420 g/mol. The predicted octanol–water partition coefficient (Wildman–Crippen LogP) is 4.84. The number of nitrogens with two attached hydrogens (primary N) is 1. The lowest BCUT2D eigenvalue weighted by Gasteiger charge is -2.28. The van der Waals surface area contributed by atoms with Crippen molar-refractivity contribution in [3.63, 3.8) is 0 Å². The van der Waals surface area contributed by atoms with Gasteiger partial charge >= 0.3 is 0 Å². The third-order valence-electron chi connectivity index (χ3n) is 4.92. The summed E-state index contributed by atoms with van der Waals surface area (Å²) in [5.74, 6) is 1.59. The number of ether oxygens (including phenoxy) is 3. The van der Waals surface area contributed by atoms with Crippen molar-refractivity contribution in [3.05, 3.63) is 75.6 Å². The smallest absolute Gasteiger partial charge is 0.205 e. The van der Waals surface area contributed by atoms with Crippen molar-refractivity contribution in [1.29, 1.82) is 5.26 Å². The Balaban J connectivity index is 2.03. The molecule has 0 bridgehead atoms. The van der Waals surface area contributed by atoms with Crippen LogP contribution in [0.4, 0.5) is 0 Å². The predicted molar refractivity (Wildman–Crippen MR) is 110 cm³/mol. The van der Waals surface area contributed by atoms with Crippen LogP contribution in [0.25, 0.3) is 10.8 Å². The molecule has 0 saturated carbocycles. The lowest BCUT2D eigenvalue weighted by molar-refractivity contribution is 0.382. The Labute approximate surface area is 171 Å². The summed E-state index contributed by atoms with van der Waals surface area (Å²) in [5, 5.41) is 11.8. The molecule has 28 heavy (non-hydrogen) atoms. The van der Waals surface area contributed by atoms with Crippen LogP contribution in [-0.4, -0.2) is 14.2 Å². The van der Waals surface area contributed by atoms with Crippen LogP contribution in [0.15, 0.2) is 64.5 Å². The number of nitrogens with zero attached hydrogens (tertiary/aromatic N) is 1. The van der Waals surface area contributed by atoms with E-state index in [1.165, 1.54) is 0 Å². The van der Waals surface area contributed by atoms with Crippen LogP contribution in [-0.2, 0) is 0 Å². The Morgan fingerprint density at radius 3 is 2.50 bits per heavy atom. The first-order valence-corrected chi connectivity index (χ1v) is 9.39. The number of nitriles is 1. The van der Waals surface area contributed by atoms with Gasteiger partial charge in [0.1, 0.15) is 28.9 Å². The highest BCUT2D eigenvalue weighted by atomic mass is 79.9. The second-order valence-electron chi connectivity index (χ2n) is 6.36. The van der Waals surface area contributed by atoms with Crippen molar-refractivity contribution in [3.8, 4) is 23.3 Å². The van der Waals surface area contributed by atoms with Gasteiger partial charge in [-0.3, -0.25) is 0 Å². The van der Waals surface area contributed by atoms with Gasteiger partial charge in [0.2, 0.25) is 5.88 Å². The number of halogens is 1. The van der Waals surface area contributed by atoms with Crippen molar-refractivity contribution in [1.82, 2.24) is 0 Å². The minimum Gasteiger partial charge on any atom is -0.496 e. The zero-order valence-electron chi connectivity index (χ0n) is 15.3. The summed E-state index contributed by atoms with van der Waals surface area (Å²) in [6, 6.07) is 17.8. The van der Waals surface area contributed by atoms with Crippen LogP contribution in [0.5, 0.6) is 17.2 Å². The van der Waals surface area contributed by atoms with Gasteiger partial charge in [0.15, 0.2) is 0 Å². The zero-order chi connectivity index (χ0) is 19.8. The van der Waals surface area contributed by atoms with Crippen LogP contribution < -0.4 is 19.9 Å². The van der Waals surface area contributed by atoms with Crippen molar-refractivity contribution in [2.45, 2.75) is 5.92 Å². The summed E-state index contributed by atoms with van der Waals surface area (Å²) < 4.78 is 17.7. The first-order valence-electron chi connectivity index (χ1n) is 8.59. The fourth-order valence-electron chi connectivity index (χ4n) is 3.62. The van der Waals surface area contributed by atoms with Crippen LogP contribution in [0.3, 0.4) is 0 Å². The van der Waals surface area contributed by atoms with Gasteiger partial charge in [0, 0.05) is 22.6 Å². The third kappa shape index (κ3) is 2.76. The minimum atomic E-state index is -0.421. The van der Waals surface area contributed by atoms with E-state index in [-0.39, 0.29) is 5.88 Å². The van der Waals surface area contributed by atoms with Gasteiger partial charge in [-0.25, -0.2) is 0 Å². The Morgan fingerprint density at radius 2 is 1.79 bits per heavy atom. The van der Waals surface area contributed by atoms with Crippen molar-refractivity contribution in [2.24, 2.45) is 5.73 Å². The molecule has 0 radical (unpaired) electrons. The minimum absolute atomic E-state index is 0.102. The maximum Gasteiger partial charge on any atom is 0.205 e. The molecule has 3 aromatic carbocycles. The molecule has 1 unspecified atom stereocenters. The largest absolute Gasteiger partial charge is 0.496 e. The average molecular weight is 437 g/mol. The molecule has 1 aliphatic heterocycles. The Hall–Kier alpha value is -3.17. The first kappa shape index (κ1) is 18.2. The van der Waals surface area contributed by atoms with Crippen LogP contribution >= 0.6 is 15.9 Å². The van der Waals surface area contributed by atoms with E-state index in [2.05, 4.69) is 22.0 Å². The van der Waals surface area contributed by atoms with Crippen LogP contribution in [0, 0.1) is 11.3 Å². The highest BCUT2D eigenvalue weighted by Crippen LogP contribution is 2.49. The molecule has 0 aromatic heterocycles. The second kappa shape index (κ2) is 7.10. The lowest BCUT2D eigenvalue weighted by atomic mass is 9.82. The van der Waals surface area contributed by atoms with E-state index in [4.69, 9.17) is 19.9 Å². The summed E-state index contributed by atoms with van der Waals surface area (Å²) in [5.41, 5.74) is 8.17. The fourth-order valence-corrected chi connectivity index (χ4v) is 4.14. The molecule has 1 heterocycles. The third-order valence-corrected chi connectivity index (χ3v) is 5.54. The van der Waals surface area contributed by atoms with Crippen molar-refractivity contribution < 1.29 is 14.2 Å². The van der Waals surface area contributed by atoms with Gasteiger partial charge < -0.3 is 19.9 Å². The van der Waals surface area contributed by atoms with E-state index in [1.54, 1.807) is 20.3 Å². The second-order valence-corrected chi connectivity index (χ2v) is 7.21. The molecule has 3 aromatic rings. The summed E-state index contributed by atoms with van der Waals surface area (Å²) in [4.78, 5) is 0. The Bertz CT molecular complexity index is 1160. The zero-order valence-corrected chi connectivity index (χ0v) is 16.9. The maximum atomic E-state index is 9.82. The number of rotatable bonds is 3. The molecule has 0 spiro atoms. The fraction of sp³-hybridized carbons (Fsp3) is 0.136. The van der Waals surface area contributed by atoms with Crippen molar-refractivity contribution in [2.75, 3.05) is 14.2 Å². The molecule has 2 N–H and O–H groups in total. The monoisotopic (exact) mass is 436 g/mol. The quantitative estimate of drug-likeness (QED) is 0.635. The van der Waals surface area contributed by atoms with Crippen LogP contribution in [0.2, 0.25) is 0 Å². The van der Waals surface area contributed by atoms with E-state index < -0.39 is 5.92 Å². The number of allylic oxidation sites excluding steroid dienone is 1. The molecule has 0 aliphatic carbocycles. The Kier molecular flexibility index (Phi) is 4.62. The van der Waals surface area contributed by atoms with E-state index in [1.807, 2.05) is 42.5 Å². The molecule has 1 atom stereocenters. The standard InChI is InChI=1S/C22H17BrN2O3/c1-26-18-10-19(27-2)17(23)9-15(18)20-14-8-7-12-5-3-4-6-13(12)21(14)28-22(25)16(20)11-24/h3-10,20H,25H2,1-2H3. The van der Waals surface area contributed by atoms with Gasteiger partial charge in [-0.1, -0.05) is 36.4 Å². The van der Waals surface area contributed by atoms with E-state index >= 15 is 0 Å². The Morgan fingerprint density at radius 1 is 1.04 bits per heavy atom. The number of benzene rings is 3. The molecule has 0 saturated heterocycles. The molecule has 0 fully saturated rings. The average Bonchev–Trinajstić information content (AvgIpc) is 2.72. The number of fused-ring (bicyclic) bond motifs is 3. The molecule has 140 valence electrons. The maximum absolute atomic E-state index is 9.82. The van der Waals surface area contributed by atoms with Gasteiger partial charge in [0.25, 0.3) is 0 Å². The number of hydrogen-bond donors (Lipinski definition) is 1. The highest BCUT2D eigenvalue weighted by Gasteiger charge is 2.34. The van der Waals surface area contributed by atoms with Gasteiger partial charge in [-0.2, -0.15) is 5.26 Å². The van der Waals surface area contributed by atoms with Crippen molar-refractivity contribution >= 4 is 26.7 Å². The number of methoxy groups -OCH3 is 2. The molecule has 0 amide bonds. The highest BCUT2D eigenvalue weighted by molar-refractivity contribution is 9.10. The van der Waals surface area contributed by atoms with Gasteiger partial charge in [-0.15, -0.1) is 0 Å². The van der Waals surface area contributed by atoms with E-state index in [0.29, 0.717) is 22.8 Å². The van der Waals surface area contributed by atoms with E-state index in [0.717, 1.165) is 26.4 Å². The summed E-state index contributed by atoms with van der Waals surface area (Å²) >= 11 is 3.53. The molecule has 4 rings (SSSR count). The van der Waals surface area contributed by atoms with Gasteiger partial charge in [-0.05, 0) is 27.4 Å². The molecule has 1 aliphatic rings.